The predicted octanol–water partition coefficient (Wildman–Crippen LogP) is 3.36. The summed E-state index contributed by atoms with van der Waals surface area (Å²) in [5.74, 6) is -0.697. The van der Waals surface area contributed by atoms with Gasteiger partial charge in [-0.2, -0.15) is 0 Å². The maximum atomic E-state index is 13.3. The van der Waals surface area contributed by atoms with Crippen LogP contribution in [-0.4, -0.2) is 53.8 Å². The van der Waals surface area contributed by atoms with E-state index in [1.54, 1.807) is 4.90 Å². The number of carbonyl (C=O) groups is 3. The van der Waals surface area contributed by atoms with Crippen molar-refractivity contribution in [3.8, 4) is 0 Å². The number of benzene rings is 1. The van der Waals surface area contributed by atoms with Crippen molar-refractivity contribution in [2.45, 2.75) is 96.3 Å². The van der Waals surface area contributed by atoms with Crippen molar-refractivity contribution in [1.29, 1.82) is 0 Å². The predicted molar refractivity (Wildman–Crippen MR) is 129 cm³/mol. The summed E-state index contributed by atoms with van der Waals surface area (Å²) in [5, 5.41) is 6.00. The Labute approximate surface area is 197 Å². The van der Waals surface area contributed by atoms with Crippen LogP contribution >= 0.6 is 0 Å². The van der Waals surface area contributed by atoms with Crippen molar-refractivity contribution < 1.29 is 14.4 Å². The van der Waals surface area contributed by atoms with Gasteiger partial charge >= 0.3 is 0 Å². The third kappa shape index (κ3) is 5.08. The van der Waals surface area contributed by atoms with E-state index >= 15 is 0 Å². The number of rotatable bonds is 9. The van der Waals surface area contributed by atoms with E-state index in [1.165, 1.54) is 25.7 Å². The van der Waals surface area contributed by atoms with Crippen molar-refractivity contribution in [2.75, 3.05) is 18.0 Å². The van der Waals surface area contributed by atoms with E-state index in [-0.39, 0.29) is 24.1 Å². The maximum absolute atomic E-state index is 13.3. The molecule has 1 unspecified atom stereocenters. The highest BCUT2D eigenvalue weighted by molar-refractivity contribution is 6.06. The van der Waals surface area contributed by atoms with E-state index in [0.717, 1.165) is 43.6 Å². The molecule has 0 radical (unpaired) electrons. The molecule has 3 aliphatic rings. The normalized spacial score (nSPS) is 25.2. The number of piperidine rings is 1. The van der Waals surface area contributed by atoms with Gasteiger partial charge < -0.3 is 15.1 Å². The van der Waals surface area contributed by atoms with Crippen LogP contribution in [0.1, 0.15) is 87.6 Å². The molecule has 1 aromatic carbocycles. The van der Waals surface area contributed by atoms with Crippen LogP contribution in [0.4, 0.5) is 5.69 Å². The Morgan fingerprint density at radius 2 is 1.85 bits per heavy atom. The lowest BCUT2D eigenvalue weighted by molar-refractivity contribution is -0.136. The van der Waals surface area contributed by atoms with Crippen LogP contribution in [0.3, 0.4) is 0 Å². The third-order valence-electron chi connectivity index (χ3n) is 7.50. The van der Waals surface area contributed by atoms with Crippen LogP contribution in [0.25, 0.3) is 0 Å². The fraction of sp³-hybridized carbons (Fsp3) is 0.654. The molecule has 2 aliphatic heterocycles. The second kappa shape index (κ2) is 10.7. The zero-order valence-corrected chi connectivity index (χ0v) is 20.1. The molecule has 33 heavy (non-hydrogen) atoms. The Bertz CT molecular complexity index is 878. The monoisotopic (exact) mass is 454 g/mol. The molecule has 1 aliphatic carbocycles. The first-order valence-corrected chi connectivity index (χ1v) is 12.8. The molecule has 2 N–H and O–H groups in total. The van der Waals surface area contributed by atoms with Gasteiger partial charge in [0, 0.05) is 48.4 Å². The quantitative estimate of drug-likeness (QED) is 0.442. The van der Waals surface area contributed by atoms with Gasteiger partial charge in [-0.05, 0) is 57.2 Å². The number of fused-ring (bicyclic) bond motifs is 1. The summed E-state index contributed by atoms with van der Waals surface area (Å²) >= 11 is 0. The molecule has 3 amide bonds. The number of amides is 3. The van der Waals surface area contributed by atoms with Gasteiger partial charge in [-0.1, -0.05) is 32.8 Å². The van der Waals surface area contributed by atoms with E-state index in [1.807, 2.05) is 12.1 Å². The number of carbonyl (C=O) groups excluding carboxylic acids is 3. The number of nitrogens with one attached hydrogen (secondary N) is 2. The molecule has 0 spiro atoms. The van der Waals surface area contributed by atoms with E-state index in [4.69, 9.17) is 0 Å². The molecule has 1 atom stereocenters. The zero-order valence-electron chi connectivity index (χ0n) is 20.1. The summed E-state index contributed by atoms with van der Waals surface area (Å²) < 4.78 is 0. The van der Waals surface area contributed by atoms with Gasteiger partial charge in [0.05, 0.1) is 0 Å². The summed E-state index contributed by atoms with van der Waals surface area (Å²) in [4.78, 5) is 41.6. The van der Waals surface area contributed by atoms with E-state index in [2.05, 4.69) is 35.4 Å². The second-order valence-electron chi connectivity index (χ2n) is 9.67. The molecule has 180 valence electrons. The molecule has 2 fully saturated rings. The Balaban J connectivity index is 1.57. The Morgan fingerprint density at radius 1 is 1.06 bits per heavy atom. The van der Waals surface area contributed by atoms with Gasteiger partial charge in [-0.25, -0.2) is 0 Å². The first kappa shape index (κ1) is 23.7. The third-order valence-corrected chi connectivity index (χ3v) is 7.50. The minimum Gasteiger partial charge on any atom is -0.368 e. The average molecular weight is 455 g/mol. The lowest BCUT2D eigenvalue weighted by Gasteiger charge is -2.39. The Hall–Kier alpha value is -2.41. The molecule has 1 aromatic rings. The van der Waals surface area contributed by atoms with Crippen LogP contribution in [0.5, 0.6) is 0 Å². The molecule has 1 saturated carbocycles. The van der Waals surface area contributed by atoms with Crippen LogP contribution in [0, 0.1) is 0 Å². The first-order chi connectivity index (χ1) is 16.0. The maximum Gasteiger partial charge on any atom is 0.255 e. The Morgan fingerprint density at radius 3 is 2.55 bits per heavy atom. The van der Waals surface area contributed by atoms with Gasteiger partial charge in [-0.3, -0.25) is 19.7 Å². The average Bonchev–Trinajstić information content (AvgIpc) is 3.14. The van der Waals surface area contributed by atoms with Crippen LogP contribution in [-0.2, 0) is 16.1 Å². The minimum absolute atomic E-state index is 0.0919. The van der Waals surface area contributed by atoms with Gasteiger partial charge in [0.25, 0.3) is 5.91 Å². The molecule has 0 bridgehead atoms. The number of hydrogen-bond donors (Lipinski definition) is 2. The van der Waals surface area contributed by atoms with Crippen molar-refractivity contribution in [3.63, 3.8) is 0 Å². The van der Waals surface area contributed by atoms with Crippen molar-refractivity contribution in [1.82, 2.24) is 15.5 Å². The van der Waals surface area contributed by atoms with Crippen LogP contribution in [0.2, 0.25) is 0 Å². The number of anilines is 1. The molecule has 0 aromatic heterocycles. The van der Waals surface area contributed by atoms with Crippen molar-refractivity contribution in [2.24, 2.45) is 0 Å². The SMILES string of the molecule is CCCCCN(c1cccc2c1CN(C1CCC(=O)NC1=O)C2=O)C1CCC(NCC)CC1. The first-order valence-electron chi connectivity index (χ1n) is 12.8. The largest absolute Gasteiger partial charge is 0.368 e. The number of imide groups is 1. The smallest absolute Gasteiger partial charge is 0.255 e. The zero-order chi connectivity index (χ0) is 23.4. The fourth-order valence-electron chi connectivity index (χ4n) is 5.75. The number of hydrogen-bond acceptors (Lipinski definition) is 5. The topological polar surface area (TPSA) is 81.8 Å². The molecule has 4 rings (SSSR count). The standard InChI is InChI=1S/C26H38N4O3/c1-3-5-6-16-29(19-12-10-18(11-13-19)27-4-2)22-9-7-8-20-21(22)17-30(26(20)33)23-14-15-24(31)28-25(23)32/h7-9,18-19,23,27H,3-6,10-17H2,1-2H3,(H,28,31,32). The van der Waals surface area contributed by atoms with Crippen molar-refractivity contribution >= 4 is 23.4 Å². The van der Waals surface area contributed by atoms with Gasteiger partial charge in [0.15, 0.2) is 0 Å². The lowest BCUT2D eigenvalue weighted by Crippen LogP contribution is -2.52. The van der Waals surface area contributed by atoms with Gasteiger partial charge in [-0.15, -0.1) is 0 Å². The summed E-state index contributed by atoms with van der Waals surface area (Å²) in [5.41, 5.74) is 2.90. The summed E-state index contributed by atoms with van der Waals surface area (Å²) in [6.07, 6.45) is 8.85. The summed E-state index contributed by atoms with van der Waals surface area (Å²) in [7, 11) is 0. The highest BCUT2D eigenvalue weighted by Gasteiger charge is 2.40. The van der Waals surface area contributed by atoms with Gasteiger partial charge in [0.1, 0.15) is 6.04 Å². The highest BCUT2D eigenvalue weighted by Crippen LogP contribution is 2.37. The van der Waals surface area contributed by atoms with Crippen LogP contribution < -0.4 is 15.5 Å². The highest BCUT2D eigenvalue weighted by atomic mass is 16.2. The van der Waals surface area contributed by atoms with E-state index < -0.39 is 6.04 Å². The van der Waals surface area contributed by atoms with E-state index in [9.17, 15) is 14.4 Å². The molecular formula is C26H38N4O3. The molecule has 7 heteroatoms. The molecule has 1 saturated heterocycles. The molecular weight excluding hydrogens is 416 g/mol. The van der Waals surface area contributed by atoms with Crippen LogP contribution in [0.15, 0.2) is 18.2 Å². The fourth-order valence-corrected chi connectivity index (χ4v) is 5.75. The summed E-state index contributed by atoms with van der Waals surface area (Å²) in [6.45, 7) is 6.84. The minimum atomic E-state index is -0.570. The molecule has 2 heterocycles. The Kier molecular flexibility index (Phi) is 7.68. The molecule has 7 nitrogen and oxygen atoms in total. The number of unbranched alkanes of at least 4 members (excludes halogenated alkanes) is 2. The van der Waals surface area contributed by atoms with Gasteiger partial charge in [0.2, 0.25) is 11.8 Å². The van der Waals surface area contributed by atoms with E-state index in [0.29, 0.717) is 30.6 Å². The number of nitrogens with zero attached hydrogens (tertiary/aromatic N) is 2. The lowest BCUT2D eigenvalue weighted by atomic mass is 9.89. The second-order valence-corrected chi connectivity index (χ2v) is 9.67. The van der Waals surface area contributed by atoms with Crippen molar-refractivity contribution in [3.05, 3.63) is 29.3 Å². The summed E-state index contributed by atoms with van der Waals surface area (Å²) in [6, 6.07) is 6.54.